The number of esters is 1. The molecule has 2 aliphatic heterocycles. The van der Waals surface area contributed by atoms with Gasteiger partial charge < -0.3 is 18.8 Å². The van der Waals surface area contributed by atoms with E-state index in [2.05, 4.69) is 21.6 Å². The monoisotopic (exact) mass is 617 g/mol. The normalized spacial score (nSPS) is 17.3. The second kappa shape index (κ2) is 12.7. The van der Waals surface area contributed by atoms with E-state index in [1.165, 1.54) is 11.6 Å². The summed E-state index contributed by atoms with van der Waals surface area (Å²) in [5.41, 5.74) is 4.54. The number of halogens is 2. The number of nitrogens with zero attached hydrogens (tertiary/aromatic N) is 3. The smallest absolute Gasteiger partial charge is 0.338 e. The Hall–Kier alpha value is -3.72. The summed E-state index contributed by atoms with van der Waals surface area (Å²) in [4.78, 5) is 20.2. The number of hydrogen-bond acceptors (Lipinski definition) is 6. The average Bonchev–Trinajstić information content (AvgIpc) is 3.30. The maximum Gasteiger partial charge on any atom is 0.338 e. The van der Waals surface area contributed by atoms with Crippen LogP contribution in [-0.4, -0.2) is 51.8 Å². The molecular formula is C35H37ClFN3O4. The zero-order valence-corrected chi connectivity index (χ0v) is 26.1. The van der Waals surface area contributed by atoms with Crippen molar-refractivity contribution in [2.45, 2.75) is 65.0 Å². The van der Waals surface area contributed by atoms with Crippen LogP contribution in [0.5, 0.6) is 5.75 Å². The number of aromatic nitrogens is 2. The number of carbonyl (C=O) groups excluding carboxylic acids is 1. The number of rotatable bonds is 9. The van der Waals surface area contributed by atoms with E-state index >= 15 is 0 Å². The lowest BCUT2D eigenvalue weighted by atomic mass is 9.99. The minimum Gasteiger partial charge on any atom is -0.489 e. The molecule has 230 valence electrons. The molecular weight excluding hydrogens is 581 g/mol. The second-order valence-electron chi connectivity index (χ2n) is 12.4. The van der Waals surface area contributed by atoms with Crippen LogP contribution in [0.2, 0.25) is 5.02 Å². The van der Waals surface area contributed by atoms with E-state index in [1.807, 2.05) is 51.1 Å². The van der Waals surface area contributed by atoms with Crippen molar-refractivity contribution in [3.05, 3.63) is 100 Å². The fourth-order valence-electron chi connectivity index (χ4n) is 5.50. The Morgan fingerprint density at radius 2 is 1.98 bits per heavy atom. The zero-order chi connectivity index (χ0) is 30.8. The minimum absolute atomic E-state index is 0.130. The quantitative estimate of drug-likeness (QED) is 0.182. The van der Waals surface area contributed by atoms with Crippen LogP contribution in [0, 0.1) is 5.82 Å². The van der Waals surface area contributed by atoms with Crippen LogP contribution in [0.25, 0.3) is 16.6 Å². The molecule has 6 rings (SSSR count). The number of hydrogen-bond donors (Lipinski definition) is 0. The van der Waals surface area contributed by atoms with Crippen molar-refractivity contribution in [3.63, 3.8) is 0 Å². The molecule has 7 nitrogen and oxygen atoms in total. The van der Waals surface area contributed by atoms with E-state index in [0.29, 0.717) is 35.0 Å². The molecule has 1 atom stereocenters. The number of benzene rings is 3. The van der Waals surface area contributed by atoms with Crippen molar-refractivity contribution >= 4 is 34.2 Å². The van der Waals surface area contributed by atoms with Crippen LogP contribution < -0.4 is 4.74 Å². The molecule has 0 saturated carbocycles. The van der Waals surface area contributed by atoms with Crippen molar-refractivity contribution in [1.82, 2.24) is 14.5 Å². The molecule has 44 heavy (non-hydrogen) atoms. The summed E-state index contributed by atoms with van der Waals surface area (Å²) in [6, 6.07) is 18.1. The third kappa shape index (κ3) is 7.15. The van der Waals surface area contributed by atoms with Gasteiger partial charge in [0.25, 0.3) is 0 Å². The third-order valence-electron chi connectivity index (χ3n) is 7.91. The van der Waals surface area contributed by atoms with Gasteiger partial charge in [0.05, 0.1) is 35.8 Å². The van der Waals surface area contributed by atoms with Gasteiger partial charge in [-0.3, -0.25) is 4.90 Å². The number of imidazole rings is 1. The molecule has 1 fully saturated rings. The highest BCUT2D eigenvalue weighted by Crippen LogP contribution is 2.29. The molecule has 3 heterocycles. The summed E-state index contributed by atoms with van der Waals surface area (Å²) >= 11 is 5.87. The number of fused-ring (bicyclic) bond motifs is 1. The summed E-state index contributed by atoms with van der Waals surface area (Å²) in [5, 5.41) is 0.364. The highest BCUT2D eigenvalue weighted by atomic mass is 35.5. The Morgan fingerprint density at radius 3 is 2.68 bits per heavy atom. The average molecular weight is 618 g/mol. The van der Waals surface area contributed by atoms with E-state index in [1.54, 1.807) is 18.2 Å². The maximum atomic E-state index is 14.2. The molecule has 1 saturated heterocycles. The summed E-state index contributed by atoms with van der Waals surface area (Å²) in [7, 11) is 0. The first-order chi connectivity index (χ1) is 21.1. The van der Waals surface area contributed by atoms with Gasteiger partial charge in [-0.15, -0.1) is 0 Å². The standard InChI is InChI=1S/C35H37ClFN3O4/c1-35(2,3)44-34(41)25-8-10-31-32(18-25)40(20-29-13-16-42-29)33(38-31)21-39-14-11-23(12-15-39)24-5-4-6-28(17-24)43-22-26-7-9-27(36)19-30(26)37/h4-11,17-19,29H,12-16,20-22H2,1-3H3/t29-/m0/s1. The molecule has 0 radical (unpaired) electrons. The highest BCUT2D eigenvalue weighted by Gasteiger charge is 2.25. The van der Waals surface area contributed by atoms with E-state index in [9.17, 15) is 9.18 Å². The molecule has 0 N–H and O–H groups in total. The molecule has 0 spiro atoms. The van der Waals surface area contributed by atoms with Crippen molar-refractivity contribution in [2.24, 2.45) is 0 Å². The van der Waals surface area contributed by atoms with Gasteiger partial charge in [0.1, 0.15) is 29.6 Å². The van der Waals surface area contributed by atoms with Crippen molar-refractivity contribution in [3.8, 4) is 5.75 Å². The molecule has 4 aromatic rings. The summed E-state index contributed by atoms with van der Waals surface area (Å²) < 4.78 is 33.7. The molecule has 3 aromatic carbocycles. The summed E-state index contributed by atoms with van der Waals surface area (Å²) in [6.07, 6.45) is 4.29. The summed E-state index contributed by atoms with van der Waals surface area (Å²) in [6.45, 7) is 9.55. The van der Waals surface area contributed by atoms with Crippen LogP contribution in [0.4, 0.5) is 4.39 Å². The lowest BCUT2D eigenvalue weighted by Gasteiger charge is -2.29. The molecule has 0 bridgehead atoms. The molecule has 1 aromatic heterocycles. The van der Waals surface area contributed by atoms with Crippen molar-refractivity contribution in [2.75, 3.05) is 19.7 Å². The van der Waals surface area contributed by atoms with Crippen LogP contribution >= 0.6 is 11.6 Å². The molecule has 0 aliphatic carbocycles. The van der Waals surface area contributed by atoms with Crippen molar-refractivity contribution in [1.29, 1.82) is 0 Å². The Bertz CT molecular complexity index is 1710. The largest absolute Gasteiger partial charge is 0.489 e. The lowest BCUT2D eigenvalue weighted by molar-refractivity contribution is -0.0591. The van der Waals surface area contributed by atoms with E-state index < -0.39 is 5.60 Å². The van der Waals surface area contributed by atoms with Crippen LogP contribution in [0.1, 0.15) is 60.9 Å². The maximum absolute atomic E-state index is 14.2. The number of carbonyl (C=O) groups is 1. The van der Waals surface area contributed by atoms with E-state index in [4.69, 9.17) is 30.8 Å². The van der Waals surface area contributed by atoms with E-state index in [0.717, 1.165) is 55.0 Å². The second-order valence-corrected chi connectivity index (χ2v) is 12.8. The molecule has 9 heteroatoms. The van der Waals surface area contributed by atoms with Crippen LogP contribution in [0.3, 0.4) is 0 Å². The highest BCUT2D eigenvalue weighted by molar-refractivity contribution is 6.30. The zero-order valence-electron chi connectivity index (χ0n) is 25.3. The topological polar surface area (TPSA) is 65.8 Å². The van der Waals surface area contributed by atoms with Gasteiger partial charge in [-0.05, 0) is 87.2 Å². The van der Waals surface area contributed by atoms with Gasteiger partial charge in [0, 0.05) is 30.3 Å². The van der Waals surface area contributed by atoms with Gasteiger partial charge in [0.2, 0.25) is 0 Å². The first-order valence-electron chi connectivity index (χ1n) is 15.0. The van der Waals surface area contributed by atoms with E-state index in [-0.39, 0.29) is 24.5 Å². The Morgan fingerprint density at radius 1 is 1.14 bits per heavy atom. The SMILES string of the molecule is CC(C)(C)OC(=O)c1ccc2nc(CN3CC=C(c4cccc(OCc5ccc(Cl)cc5F)c4)CC3)n(C[C@@H]3CCO3)c2c1. The van der Waals surface area contributed by atoms with Crippen molar-refractivity contribution < 1.29 is 23.4 Å². The Balaban J connectivity index is 1.15. The lowest BCUT2D eigenvalue weighted by Crippen LogP contribution is -2.33. The third-order valence-corrected chi connectivity index (χ3v) is 8.15. The molecule has 0 amide bonds. The Labute approximate surface area is 262 Å². The van der Waals surface area contributed by atoms with Gasteiger partial charge >= 0.3 is 5.97 Å². The number of ether oxygens (including phenoxy) is 3. The van der Waals surface area contributed by atoms with Crippen LogP contribution in [0.15, 0.2) is 66.7 Å². The fourth-order valence-corrected chi connectivity index (χ4v) is 5.65. The predicted molar refractivity (Wildman–Crippen MR) is 169 cm³/mol. The fraction of sp³-hybridized carbons (Fsp3) is 0.371. The Kier molecular flexibility index (Phi) is 8.76. The van der Waals surface area contributed by atoms with Gasteiger partial charge in [-0.1, -0.05) is 35.9 Å². The van der Waals surface area contributed by atoms with Gasteiger partial charge in [-0.2, -0.15) is 0 Å². The minimum atomic E-state index is -0.566. The van der Waals surface area contributed by atoms with Gasteiger partial charge in [-0.25, -0.2) is 14.2 Å². The molecule has 2 aliphatic rings. The summed E-state index contributed by atoms with van der Waals surface area (Å²) in [5.74, 6) is 0.936. The van der Waals surface area contributed by atoms with Gasteiger partial charge in [0.15, 0.2) is 0 Å². The first kappa shape index (κ1) is 30.3. The molecule has 0 unspecified atom stereocenters. The predicted octanol–water partition coefficient (Wildman–Crippen LogP) is 7.44. The first-order valence-corrected chi connectivity index (χ1v) is 15.4. The van der Waals surface area contributed by atoms with Crippen LogP contribution in [-0.2, 0) is 29.2 Å².